The van der Waals surface area contributed by atoms with Crippen LogP contribution in [0.4, 0.5) is 0 Å². The van der Waals surface area contributed by atoms with Crippen molar-refractivity contribution in [2.45, 2.75) is 12.5 Å². The van der Waals surface area contributed by atoms with E-state index in [9.17, 15) is 4.79 Å². The molecule has 0 aromatic carbocycles. The fourth-order valence-electron chi connectivity index (χ4n) is 1.05. The molecule has 1 atom stereocenters. The second-order valence-corrected chi connectivity index (χ2v) is 2.77. The maximum absolute atomic E-state index is 11.2. The molecule has 0 radical (unpaired) electrons. The molecule has 13 heavy (non-hydrogen) atoms. The molecule has 5 N–H and O–H groups in total. The van der Waals surface area contributed by atoms with Crippen LogP contribution in [-0.4, -0.2) is 24.0 Å². The van der Waals surface area contributed by atoms with Gasteiger partial charge in [-0.15, -0.1) is 0 Å². The van der Waals surface area contributed by atoms with Gasteiger partial charge < -0.3 is 10.7 Å². The lowest BCUT2D eigenvalue weighted by Crippen LogP contribution is -2.46. The highest BCUT2D eigenvalue weighted by Gasteiger charge is 2.12. The number of rotatable bonds is 4. The largest absolute Gasteiger partial charge is 0.367 e. The summed E-state index contributed by atoms with van der Waals surface area (Å²) in [7, 11) is 1.63. The van der Waals surface area contributed by atoms with Gasteiger partial charge in [-0.2, -0.15) is 0 Å². The molecule has 0 aliphatic rings. The average Bonchev–Trinajstić information content (AvgIpc) is 2.57. The summed E-state index contributed by atoms with van der Waals surface area (Å²) in [6, 6.07) is 1.38. The van der Waals surface area contributed by atoms with E-state index >= 15 is 0 Å². The SMILES string of the molecule is CNNC(=O)C(N)Cc1cc[nH]c1. The van der Waals surface area contributed by atoms with Crippen molar-refractivity contribution >= 4 is 5.91 Å². The first-order chi connectivity index (χ1) is 6.24. The van der Waals surface area contributed by atoms with Gasteiger partial charge in [-0.3, -0.25) is 10.2 Å². The molecule has 5 heteroatoms. The molecule has 0 bridgehead atoms. The number of aromatic amines is 1. The molecule has 5 nitrogen and oxygen atoms in total. The van der Waals surface area contributed by atoms with Gasteiger partial charge in [0.05, 0.1) is 6.04 Å². The van der Waals surface area contributed by atoms with E-state index in [1.54, 1.807) is 13.2 Å². The zero-order valence-corrected chi connectivity index (χ0v) is 7.50. The molecule has 0 aliphatic heterocycles. The lowest BCUT2D eigenvalue weighted by atomic mass is 10.1. The van der Waals surface area contributed by atoms with Crippen molar-refractivity contribution < 1.29 is 4.79 Å². The van der Waals surface area contributed by atoms with Crippen LogP contribution in [0.25, 0.3) is 0 Å². The first kappa shape index (κ1) is 9.76. The smallest absolute Gasteiger partial charge is 0.251 e. The van der Waals surface area contributed by atoms with Gasteiger partial charge in [-0.05, 0) is 18.1 Å². The van der Waals surface area contributed by atoms with E-state index in [0.29, 0.717) is 6.42 Å². The number of nitrogens with two attached hydrogens (primary N) is 1. The molecule has 0 fully saturated rings. The summed E-state index contributed by atoms with van der Waals surface area (Å²) in [4.78, 5) is 14.1. The second kappa shape index (κ2) is 4.64. The van der Waals surface area contributed by atoms with E-state index in [-0.39, 0.29) is 5.91 Å². The third-order valence-electron chi connectivity index (χ3n) is 1.70. The predicted octanol–water partition coefficient (Wildman–Crippen LogP) is -0.865. The Kier molecular flexibility index (Phi) is 3.48. The van der Waals surface area contributed by atoms with Crippen LogP contribution in [0.15, 0.2) is 18.5 Å². The quantitative estimate of drug-likeness (QED) is 0.457. The molecule has 1 aromatic heterocycles. The van der Waals surface area contributed by atoms with Gasteiger partial charge in [-0.25, -0.2) is 5.43 Å². The predicted molar refractivity (Wildman–Crippen MR) is 49.7 cm³/mol. The molecule has 1 rings (SSSR count). The van der Waals surface area contributed by atoms with Crippen LogP contribution in [0.1, 0.15) is 5.56 Å². The maximum atomic E-state index is 11.2. The van der Waals surface area contributed by atoms with E-state index in [1.165, 1.54) is 0 Å². The fourth-order valence-corrected chi connectivity index (χ4v) is 1.05. The molecule has 1 aromatic rings. The Morgan fingerprint density at radius 2 is 2.54 bits per heavy atom. The van der Waals surface area contributed by atoms with Crippen LogP contribution in [0.5, 0.6) is 0 Å². The molecule has 0 saturated carbocycles. The highest BCUT2D eigenvalue weighted by atomic mass is 16.2. The standard InChI is InChI=1S/C8H14N4O/c1-10-12-8(13)7(9)4-6-2-3-11-5-6/h2-3,5,7,10-11H,4,9H2,1H3,(H,12,13). The Hall–Kier alpha value is -1.33. The Bertz CT molecular complexity index is 257. The minimum atomic E-state index is -0.511. The number of carbonyl (C=O) groups excluding carboxylic acids is 1. The van der Waals surface area contributed by atoms with Gasteiger partial charge in [0.2, 0.25) is 0 Å². The summed E-state index contributed by atoms with van der Waals surface area (Å²) in [5.41, 5.74) is 11.6. The van der Waals surface area contributed by atoms with E-state index in [4.69, 9.17) is 5.73 Å². The molecule has 1 unspecified atom stereocenters. The summed E-state index contributed by atoms with van der Waals surface area (Å²) < 4.78 is 0. The van der Waals surface area contributed by atoms with Gasteiger partial charge >= 0.3 is 0 Å². The van der Waals surface area contributed by atoms with E-state index in [0.717, 1.165) is 5.56 Å². The summed E-state index contributed by atoms with van der Waals surface area (Å²) in [5, 5.41) is 0. The minimum Gasteiger partial charge on any atom is -0.367 e. The number of carbonyl (C=O) groups is 1. The molecule has 1 heterocycles. The third-order valence-corrected chi connectivity index (χ3v) is 1.70. The Labute approximate surface area is 76.7 Å². The third kappa shape index (κ3) is 2.89. The van der Waals surface area contributed by atoms with Crippen molar-refractivity contribution in [3.05, 3.63) is 24.0 Å². The summed E-state index contributed by atoms with van der Waals surface area (Å²) in [5.74, 6) is -0.205. The van der Waals surface area contributed by atoms with Crippen LogP contribution in [0, 0.1) is 0 Å². The lowest BCUT2D eigenvalue weighted by molar-refractivity contribution is -0.123. The van der Waals surface area contributed by atoms with Crippen LogP contribution in [0.2, 0.25) is 0 Å². The van der Waals surface area contributed by atoms with Gasteiger partial charge in [-0.1, -0.05) is 0 Å². The van der Waals surface area contributed by atoms with E-state index in [1.807, 2.05) is 12.3 Å². The first-order valence-corrected chi connectivity index (χ1v) is 4.08. The number of H-pyrrole nitrogens is 1. The number of aromatic nitrogens is 1. The zero-order valence-electron chi connectivity index (χ0n) is 7.50. The molecule has 0 aliphatic carbocycles. The second-order valence-electron chi connectivity index (χ2n) is 2.77. The number of hydrogen-bond donors (Lipinski definition) is 4. The number of hydrogen-bond acceptors (Lipinski definition) is 3. The summed E-state index contributed by atoms with van der Waals surface area (Å²) in [6.07, 6.45) is 4.17. The minimum absolute atomic E-state index is 0.205. The normalized spacial score (nSPS) is 12.5. The number of amides is 1. The van der Waals surface area contributed by atoms with E-state index < -0.39 is 6.04 Å². The van der Waals surface area contributed by atoms with Crippen LogP contribution in [0.3, 0.4) is 0 Å². The molecule has 1 amide bonds. The molecular weight excluding hydrogens is 168 g/mol. The van der Waals surface area contributed by atoms with Crippen molar-refractivity contribution in [2.24, 2.45) is 5.73 Å². The summed E-state index contributed by atoms with van der Waals surface area (Å²) in [6.45, 7) is 0. The monoisotopic (exact) mass is 182 g/mol. The average molecular weight is 182 g/mol. The topological polar surface area (TPSA) is 82.9 Å². The molecule has 0 spiro atoms. The van der Waals surface area contributed by atoms with Crippen LogP contribution in [-0.2, 0) is 11.2 Å². The molecule has 72 valence electrons. The zero-order chi connectivity index (χ0) is 9.68. The van der Waals surface area contributed by atoms with Crippen LogP contribution >= 0.6 is 0 Å². The highest BCUT2D eigenvalue weighted by Crippen LogP contribution is 1.99. The summed E-state index contributed by atoms with van der Waals surface area (Å²) >= 11 is 0. The fraction of sp³-hybridized carbons (Fsp3) is 0.375. The Morgan fingerprint density at radius 1 is 1.77 bits per heavy atom. The molecular formula is C8H14N4O. The van der Waals surface area contributed by atoms with Gasteiger partial charge in [0.15, 0.2) is 0 Å². The number of hydrazine groups is 1. The Morgan fingerprint density at radius 3 is 3.08 bits per heavy atom. The van der Waals surface area contributed by atoms with Crippen molar-refractivity contribution in [3.8, 4) is 0 Å². The van der Waals surface area contributed by atoms with Crippen LogP contribution < -0.4 is 16.6 Å². The molecule has 0 saturated heterocycles. The first-order valence-electron chi connectivity index (χ1n) is 4.08. The van der Waals surface area contributed by atoms with Crippen molar-refractivity contribution in [2.75, 3.05) is 7.05 Å². The van der Waals surface area contributed by atoms with Gasteiger partial charge in [0, 0.05) is 19.4 Å². The van der Waals surface area contributed by atoms with E-state index in [2.05, 4.69) is 15.8 Å². The highest BCUT2D eigenvalue weighted by molar-refractivity contribution is 5.81. The van der Waals surface area contributed by atoms with Crippen molar-refractivity contribution in [3.63, 3.8) is 0 Å². The number of nitrogens with one attached hydrogen (secondary N) is 3. The van der Waals surface area contributed by atoms with Gasteiger partial charge in [0.1, 0.15) is 0 Å². The van der Waals surface area contributed by atoms with Gasteiger partial charge in [0.25, 0.3) is 5.91 Å². The maximum Gasteiger partial charge on any atom is 0.251 e. The van der Waals surface area contributed by atoms with Crippen molar-refractivity contribution in [1.29, 1.82) is 0 Å². The van der Waals surface area contributed by atoms with Crippen molar-refractivity contribution in [1.82, 2.24) is 15.8 Å². The Balaban J connectivity index is 2.41. The lowest BCUT2D eigenvalue weighted by Gasteiger charge is -2.09.